The first kappa shape index (κ1) is 12.5. The van der Waals surface area contributed by atoms with E-state index in [0.717, 1.165) is 5.69 Å². The molecule has 16 heavy (non-hydrogen) atoms. The number of nitrogens with one attached hydrogen (secondary N) is 1. The Hall–Kier alpha value is -1.58. The van der Waals surface area contributed by atoms with Crippen LogP contribution < -0.4 is 11.1 Å². The zero-order valence-electron chi connectivity index (χ0n) is 10.3. The van der Waals surface area contributed by atoms with Gasteiger partial charge in [0.15, 0.2) is 0 Å². The Morgan fingerprint density at radius 2 is 2.06 bits per heavy atom. The summed E-state index contributed by atoms with van der Waals surface area (Å²) in [5.41, 5.74) is 6.98. The number of anilines is 1. The molecular weight excluding hydrogens is 202 g/mol. The van der Waals surface area contributed by atoms with E-state index in [2.05, 4.69) is 10.3 Å². The lowest BCUT2D eigenvalue weighted by molar-refractivity contribution is 0.0955. The highest BCUT2D eigenvalue weighted by atomic mass is 16.1. The Labute approximate surface area is 96.3 Å². The van der Waals surface area contributed by atoms with Crippen LogP contribution in [0.25, 0.3) is 0 Å². The van der Waals surface area contributed by atoms with E-state index in [0.29, 0.717) is 17.9 Å². The molecule has 88 valence electrons. The van der Waals surface area contributed by atoms with Crippen molar-refractivity contribution < 1.29 is 4.79 Å². The molecule has 0 aromatic carbocycles. The SMILES string of the molecule is CCNC(=O)c1cc(N)nc(C(C)(C)C)c1. The van der Waals surface area contributed by atoms with Gasteiger partial charge in [-0.05, 0) is 19.1 Å². The predicted octanol–water partition coefficient (Wildman–Crippen LogP) is 1.71. The van der Waals surface area contributed by atoms with Crippen LogP contribution in [0.1, 0.15) is 43.7 Å². The van der Waals surface area contributed by atoms with Crippen molar-refractivity contribution in [2.45, 2.75) is 33.1 Å². The molecule has 1 amide bonds. The molecular formula is C12H19N3O. The van der Waals surface area contributed by atoms with Crippen molar-refractivity contribution in [2.75, 3.05) is 12.3 Å². The highest BCUT2D eigenvalue weighted by Crippen LogP contribution is 2.22. The predicted molar refractivity (Wildman–Crippen MR) is 65.4 cm³/mol. The summed E-state index contributed by atoms with van der Waals surface area (Å²) in [6.45, 7) is 8.60. The van der Waals surface area contributed by atoms with Gasteiger partial charge in [0.05, 0.1) is 0 Å². The summed E-state index contributed by atoms with van der Waals surface area (Å²) in [5, 5.41) is 2.75. The third-order valence-electron chi connectivity index (χ3n) is 2.21. The highest BCUT2D eigenvalue weighted by Gasteiger charge is 2.18. The Bertz CT molecular complexity index is 394. The molecule has 1 heterocycles. The Morgan fingerprint density at radius 1 is 1.44 bits per heavy atom. The van der Waals surface area contributed by atoms with Crippen LogP contribution in [0.15, 0.2) is 12.1 Å². The first-order valence-corrected chi connectivity index (χ1v) is 5.41. The molecule has 0 radical (unpaired) electrons. The van der Waals surface area contributed by atoms with Crippen molar-refractivity contribution >= 4 is 11.7 Å². The molecule has 0 spiro atoms. The maximum Gasteiger partial charge on any atom is 0.251 e. The van der Waals surface area contributed by atoms with Gasteiger partial charge in [0.2, 0.25) is 0 Å². The summed E-state index contributed by atoms with van der Waals surface area (Å²) < 4.78 is 0. The fourth-order valence-corrected chi connectivity index (χ4v) is 1.33. The van der Waals surface area contributed by atoms with E-state index in [1.807, 2.05) is 27.7 Å². The summed E-state index contributed by atoms with van der Waals surface area (Å²) in [4.78, 5) is 15.9. The molecule has 1 aromatic rings. The van der Waals surface area contributed by atoms with E-state index in [-0.39, 0.29) is 11.3 Å². The average Bonchev–Trinajstić information content (AvgIpc) is 2.16. The quantitative estimate of drug-likeness (QED) is 0.798. The van der Waals surface area contributed by atoms with E-state index < -0.39 is 0 Å². The van der Waals surface area contributed by atoms with Crippen molar-refractivity contribution in [3.05, 3.63) is 23.4 Å². The lowest BCUT2D eigenvalue weighted by Crippen LogP contribution is -2.24. The minimum atomic E-state index is -0.114. The number of nitrogens with zero attached hydrogens (tertiary/aromatic N) is 1. The number of hydrogen-bond acceptors (Lipinski definition) is 3. The number of hydrogen-bond donors (Lipinski definition) is 2. The van der Waals surface area contributed by atoms with Crippen molar-refractivity contribution in [3.8, 4) is 0 Å². The van der Waals surface area contributed by atoms with Crippen molar-refractivity contribution in [1.29, 1.82) is 0 Å². The summed E-state index contributed by atoms with van der Waals surface area (Å²) in [5.74, 6) is 0.274. The second-order valence-corrected chi connectivity index (χ2v) is 4.78. The molecule has 4 nitrogen and oxygen atoms in total. The number of carbonyl (C=O) groups is 1. The van der Waals surface area contributed by atoms with Gasteiger partial charge < -0.3 is 11.1 Å². The molecule has 0 unspecified atom stereocenters. The molecule has 3 N–H and O–H groups in total. The van der Waals surface area contributed by atoms with E-state index >= 15 is 0 Å². The third kappa shape index (κ3) is 2.95. The van der Waals surface area contributed by atoms with Gasteiger partial charge in [-0.1, -0.05) is 20.8 Å². The number of nitrogens with two attached hydrogens (primary N) is 1. The van der Waals surface area contributed by atoms with Gasteiger partial charge in [0, 0.05) is 23.2 Å². The maximum atomic E-state index is 11.7. The molecule has 4 heteroatoms. The lowest BCUT2D eigenvalue weighted by atomic mass is 9.90. The molecule has 0 saturated carbocycles. The van der Waals surface area contributed by atoms with Crippen molar-refractivity contribution in [3.63, 3.8) is 0 Å². The largest absolute Gasteiger partial charge is 0.384 e. The third-order valence-corrected chi connectivity index (χ3v) is 2.21. The van der Waals surface area contributed by atoms with Gasteiger partial charge in [0.1, 0.15) is 5.82 Å². The number of rotatable bonds is 2. The molecule has 0 atom stereocenters. The van der Waals surface area contributed by atoms with Crippen LogP contribution in [0, 0.1) is 0 Å². The summed E-state index contributed by atoms with van der Waals surface area (Å²) >= 11 is 0. The second kappa shape index (κ2) is 4.51. The van der Waals surface area contributed by atoms with Gasteiger partial charge in [-0.25, -0.2) is 4.98 Å². The van der Waals surface area contributed by atoms with Crippen LogP contribution in [-0.4, -0.2) is 17.4 Å². The van der Waals surface area contributed by atoms with Gasteiger partial charge in [-0.15, -0.1) is 0 Å². The number of aromatic nitrogens is 1. The second-order valence-electron chi connectivity index (χ2n) is 4.78. The molecule has 1 rings (SSSR count). The summed E-state index contributed by atoms with van der Waals surface area (Å²) in [6.07, 6.45) is 0. The van der Waals surface area contributed by atoms with Crippen LogP contribution in [0.5, 0.6) is 0 Å². The standard InChI is InChI=1S/C12H19N3O/c1-5-14-11(16)8-6-9(12(2,3)4)15-10(13)7-8/h6-7H,5H2,1-4H3,(H2,13,15)(H,14,16). The van der Waals surface area contributed by atoms with Gasteiger partial charge in [0.25, 0.3) is 5.91 Å². The van der Waals surface area contributed by atoms with Crippen LogP contribution in [0.2, 0.25) is 0 Å². The Morgan fingerprint density at radius 3 is 2.56 bits per heavy atom. The monoisotopic (exact) mass is 221 g/mol. The van der Waals surface area contributed by atoms with E-state index in [1.165, 1.54) is 0 Å². The smallest absolute Gasteiger partial charge is 0.251 e. The molecule has 0 saturated heterocycles. The van der Waals surface area contributed by atoms with E-state index in [1.54, 1.807) is 12.1 Å². The molecule has 1 aromatic heterocycles. The van der Waals surface area contributed by atoms with Crippen LogP contribution in [0.4, 0.5) is 5.82 Å². The molecule has 0 aliphatic carbocycles. The zero-order valence-corrected chi connectivity index (χ0v) is 10.3. The highest BCUT2D eigenvalue weighted by molar-refractivity contribution is 5.94. The average molecular weight is 221 g/mol. The zero-order chi connectivity index (χ0) is 12.3. The topological polar surface area (TPSA) is 68.0 Å². The van der Waals surface area contributed by atoms with Crippen molar-refractivity contribution in [1.82, 2.24) is 10.3 Å². The minimum Gasteiger partial charge on any atom is -0.384 e. The first-order valence-electron chi connectivity index (χ1n) is 5.41. The summed E-state index contributed by atoms with van der Waals surface area (Å²) in [6, 6.07) is 3.39. The number of pyridine rings is 1. The summed E-state index contributed by atoms with van der Waals surface area (Å²) in [7, 11) is 0. The molecule has 0 bridgehead atoms. The fourth-order valence-electron chi connectivity index (χ4n) is 1.33. The van der Waals surface area contributed by atoms with Crippen LogP contribution in [0.3, 0.4) is 0 Å². The number of amides is 1. The van der Waals surface area contributed by atoms with E-state index in [9.17, 15) is 4.79 Å². The molecule has 0 fully saturated rings. The van der Waals surface area contributed by atoms with Gasteiger partial charge >= 0.3 is 0 Å². The lowest BCUT2D eigenvalue weighted by Gasteiger charge is -2.18. The van der Waals surface area contributed by atoms with Crippen LogP contribution in [-0.2, 0) is 5.41 Å². The Kier molecular flexibility index (Phi) is 3.52. The van der Waals surface area contributed by atoms with Gasteiger partial charge in [-0.3, -0.25) is 4.79 Å². The molecule has 0 aliphatic heterocycles. The van der Waals surface area contributed by atoms with Crippen LogP contribution >= 0.6 is 0 Å². The Balaban J connectivity index is 3.13. The maximum absolute atomic E-state index is 11.7. The van der Waals surface area contributed by atoms with Gasteiger partial charge in [-0.2, -0.15) is 0 Å². The first-order chi connectivity index (χ1) is 7.34. The molecule has 0 aliphatic rings. The van der Waals surface area contributed by atoms with E-state index in [4.69, 9.17) is 5.73 Å². The minimum absolute atomic E-state index is 0.109. The number of nitrogen functional groups attached to an aromatic ring is 1. The van der Waals surface area contributed by atoms with Crippen molar-refractivity contribution in [2.24, 2.45) is 0 Å². The normalized spacial score (nSPS) is 11.2. The fraction of sp³-hybridized carbons (Fsp3) is 0.500. The number of carbonyl (C=O) groups excluding carboxylic acids is 1.